The van der Waals surface area contributed by atoms with Crippen LogP contribution in [0.25, 0.3) is 0 Å². The number of aryl methyl sites for hydroxylation is 1. The second-order valence-electron chi connectivity index (χ2n) is 6.74. The number of fused-ring (bicyclic) bond motifs is 1. The molecule has 1 aromatic rings. The molecule has 20 heavy (non-hydrogen) atoms. The fourth-order valence-corrected chi connectivity index (χ4v) is 3.87. The molecule has 3 nitrogen and oxygen atoms in total. The Morgan fingerprint density at radius 2 is 2.10 bits per heavy atom. The molecule has 0 radical (unpaired) electrons. The van der Waals surface area contributed by atoms with Gasteiger partial charge in [-0.05, 0) is 50.8 Å². The first-order valence-electron chi connectivity index (χ1n) is 7.73. The average Bonchev–Trinajstić information content (AvgIpc) is 2.96. The Labute approximate surface area is 122 Å². The Kier molecular flexibility index (Phi) is 3.74. The Balaban J connectivity index is 1.56. The molecular weight excluding hydrogens is 248 g/mol. The normalized spacial score (nSPS) is 28.6. The van der Waals surface area contributed by atoms with Gasteiger partial charge in [0.15, 0.2) is 0 Å². The minimum atomic E-state index is 0.295. The lowest BCUT2D eigenvalue weighted by Gasteiger charge is -2.35. The summed E-state index contributed by atoms with van der Waals surface area (Å²) in [6, 6.07) is 8.26. The maximum atomic E-state index is 5.96. The van der Waals surface area contributed by atoms with Gasteiger partial charge in [-0.1, -0.05) is 18.2 Å². The molecule has 2 fully saturated rings. The van der Waals surface area contributed by atoms with Gasteiger partial charge in [0.1, 0.15) is 12.4 Å². The molecule has 2 atom stereocenters. The summed E-state index contributed by atoms with van der Waals surface area (Å²) in [5, 5.41) is 3.53. The molecule has 3 rings (SSSR count). The van der Waals surface area contributed by atoms with Crippen molar-refractivity contribution in [1.29, 1.82) is 0 Å². The van der Waals surface area contributed by atoms with E-state index in [1.54, 1.807) is 0 Å². The molecule has 2 aliphatic heterocycles. The van der Waals surface area contributed by atoms with E-state index in [-0.39, 0.29) is 0 Å². The molecule has 2 unspecified atom stereocenters. The zero-order valence-electron chi connectivity index (χ0n) is 12.9. The molecule has 2 saturated heterocycles. The predicted molar refractivity (Wildman–Crippen MR) is 82.2 cm³/mol. The van der Waals surface area contributed by atoms with Crippen molar-refractivity contribution in [3.05, 3.63) is 29.8 Å². The monoisotopic (exact) mass is 274 g/mol. The Bertz CT molecular complexity index is 472. The van der Waals surface area contributed by atoms with Crippen LogP contribution in [0.1, 0.15) is 19.4 Å². The number of para-hydroxylation sites is 1. The van der Waals surface area contributed by atoms with Crippen LogP contribution in [0.15, 0.2) is 24.3 Å². The van der Waals surface area contributed by atoms with Crippen LogP contribution in [-0.2, 0) is 0 Å². The number of nitrogens with one attached hydrogen (secondary N) is 1. The predicted octanol–water partition coefficient (Wildman–Crippen LogP) is 2.30. The highest BCUT2D eigenvalue weighted by Gasteiger charge is 2.49. The fraction of sp³-hybridized carbons (Fsp3) is 0.647. The summed E-state index contributed by atoms with van der Waals surface area (Å²) < 4.78 is 5.96. The highest BCUT2D eigenvalue weighted by molar-refractivity contribution is 5.31. The van der Waals surface area contributed by atoms with Crippen molar-refractivity contribution in [3.8, 4) is 5.75 Å². The van der Waals surface area contributed by atoms with Crippen LogP contribution in [0.5, 0.6) is 5.75 Å². The molecule has 1 N–H and O–H groups in total. The molecular formula is C17H26N2O. The highest BCUT2D eigenvalue weighted by atomic mass is 16.5. The topological polar surface area (TPSA) is 24.5 Å². The second-order valence-corrected chi connectivity index (χ2v) is 6.74. The third-order valence-electron chi connectivity index (χ3n) is 5.23. The standard InChI is InChI=1S/C17H26N2O/c1-13-6-4-5-7-16(13)20-9-8-19-12-14-10-18-11-15(14)17(19,2)3/h4-7,14-15,18H,8-12H2,1-3H3. The van der Waals surface area contributed by atoms with Gasteiger partial charge < -0.3 is 10.1 Å². The molecule has 110 valence electrons. The largest absolute Gasteiger partial charge is 0.492 e. The Morgan fingerprint density at radius 1 is 1.30 bits per heavy atom. The van der Waals surface area contributed by atoms with Crippen LogP contribution >= 0.6 is 0 Å². The maximum absolute atomic E-state index is 5.96. The molecule has 0 amide bonds. The summed E-state index contributed by atoms with van der Waals surface area (Å²) in [7, 11) is 0. The van der Waals surface area contributed by atoms with E-state index >= 15 is 0 Å². The summed E-state index contributed by atoms with van der Waals surface area (Å²) in [6.07, 6.45) is 0. The summed E-state index contributed by atoms with van der Waals surface area (Å²) in [5.74, 6) is 2.63. The smallest absolute Gasteiger partial charge is 0.122 e. The zero-order chi connectivity index (χ0) is 14.2. The number of benzene rings is 1. The van der Waals surface area contributed by atoms with Crippen molar-refractivity contribution >= 4 is 0 Å². The molecule has 1 aromatic carbocycles. The van der Waals surface area contributed by atoms with Crippen LogP contribution in [-0.4, -0.2) is 43.2 Å². The van der Waals surface area contributed by atoms with Crippen molar-refractivity contribution in [2.45, 2.75) is 26.3 Å². The van der Waals surface area contributed by atoms with E-state index in [2.05, 4.69) is 49.2 Å². The quantitative estimate of drug-likeness (QED) is 0.912. The zero-order valence-corrected chi connectivity index (χ0v) is 12.9. The number of hydrogen-bond acceptors (Lipinski definition) is 3. The Hall–Kier alpha value is -1.06. The van der Waals surface area contributed by atoms with E-state index < -0.39 is 0 Å². The summed E-state index contributed by atoms with van der Waals surface area (Å²) in [5.41, 5.74) is 1.51. The first kappa shape index (κ1) is 13.9. The van der Waals surface area contributed by atoms with Crippen LogP contribution in [0.2, 0.25) is 0 Å². The fourth-order valence-electron chi connectivity index (χ4n) is 3.87. The molecule has 2 heterocycles. The van der Waals surface area contributed by atoms with Gasteiger partial charge in [0.25, 0.3) is 0 Å². The molecule has 0 saturated carbocycles. The van der Waals surface area contributed by atoms with E-state index in [1.807, 2.05) is 6.07 Å². The van der Waals surface area contributed by atoms with Gasteiger partial charge >= 0.3 is 0 Å². The molecule has 0 bridgehead atoms. The third-order valence-corrected chi connectivity index (χ3v) is 5.23. The van der Waals surface area contributed by atoms with Gasteiger partial charge in [0.05, 0.1) is 0 Å². The summed E-state index contributed by atoms with van der Waals surface area (Å²) in [4.78, 5) is 2.61. The van der Waals surface area contributed by atoms with Crippen LogP contribution in [0.3, 0.4) is 0 Å². The molecule has 0 aromatic heterocycles. The lowest BCUT2D eigenvalue weighted by molar-refractivity contribution is 0.117. The van der Waals surface area contributed by atoms with E-state index in [9.17, 15) is 0 Å². The number of rotatable bonds is 4. The average molecular weight is 274 g/mol. The van der Waals surface area contributed by atoms with Crippen LogP contribution in [0.4, 0.5) is 0 Å². The minimum Gasteiger partial charge on any atom is -0.492 e. The van der Waals surface area contributed by atoms with Gasteiger partial charge in [-0.25, -0.2) is 0 Å². The van der Waals surface area contributed by atoms with E-state index in [4.69, 9.17) is 4.74 Å². The van der Waals surface area contributed by atoms with Gasteiger partial charge in [-0.2, -0.15) is 0 Å². The molecule has 2 aliphatic rings. The maximum Gasteiger partial charge on any atom is 0.122 e. The van der Waals surface area contributed by atoms with E-state index in [0.29, 0.717) is 5.54 Å². The first-order chi connectivity index (χ1) is 9.59. The van der Waals surface area contributed by atoms with Crippen molar-refractivity contribution < 1.29 is 4.74 Å². The summed E-state index contributed by atoms with van der Waals surface area (Å²) in [6.45, 7) is 12.2. The number of nitrogens with zero attached hydrogens (tertiary/aromatic N) is 1. The van der Waals surface area contributed by atoms with Crippen LogP contribution in [0, 0.1) is 18.8 Å². The van der Waals surface area contributed by atoms with Gasteiger partial charge in [0.2, 0.25) is 0 Å². The summed E-state index contributed by atoms with van der Waals surface area (Å²) >= 11 is 0. The van der Waals surface area contributed by atoms with Crippen molar-refractivity contribution in [2.75, 3.05) is 32.8 Å². The van der Waals surface area contributed by atoms with Crippen LogP contribution < -0.4 is 10.1 Å². The van der Waals surface area contributed by atoms with E-state index in [1.165, 1.54) is 25.2 Å². The number of hydrogen-bond donors (Lipinski definition) is 1. The third kappa shape index (κ3) is 2.45. The van der Waals surface area contributed by atoms with Gasteiger partial charge in [0, 0.05) is 25.2 Å². The van der Waals surface area contributed by atoms with Gasteiger partial charge in [-0.3, -0.25) is 4.90 Å². The highest BCUT2D eigenvalue weighted by Crippen LogP contribution is 2.40. The molecule has 0 spiro atoms. The minimum absolute atomic E-state index is 0.295. The Morgan fingerprint density at radius 3 is 2.85 bits per heavy atom. The SMILES string of the molecule is Cc1ccccc1OCCN1CC2CNCC2C1(C)C. The lowest BCUT2D eigenvalue weighted by atomic mass is 9.85. The second kappa shape index (κ2) is 5.38. The van der Waals surface area contributed by atoms with Crippen molar-refractivity contribution in [3.63, 3.8) is 0 Å². The van der Waals surface area contributed by atoms with Gasteiger partial charge in [-0.15, -0.1) is 0 Å². The van der Waals surface area contributed by atoms with Crippen molar-refractivity contribution in [1.82, 2.24) is 10.2 Å². The van der Waals surface area contributed by atoms with E-state index in [0.717, 1.165) is 30.7 Å². The number of likely N-dealkylation sites (tertiary alicyclic amines) is 1. The van der Waals surface area contributed by atoms with Crippen molar-refractivity contribution in [2.24, 2.45) is 11.8 Å². The molecule has 0 aliphatic carbocycles. The first-order valence-corrected chi connectivity index (χ1v) is 7.73. The molecule has 3 heteroatoms. The lowest BCUT2D eigenvalue weighted by Crippen LogP contribution is -2.46. The number of ether oxygens (including phenoxy) is 1.